The van der Waals surface area contributed by atoms with Crippen LogP contribution < -0.4 is 0 Å². The fourth-order valence-corrected chi connectivity index (χ4v) is 4.11. The summed E-state index contributed by atoms with van der Waals surface area (Å²) in [6.45, 7) is 0. The summed E-state index contributed by atoms with van der Waals surface area (Å²) in [5.74, 6) is 0. The zero-order chi connectivity index (χ0) is 9.80. The van der Waals surface area contributed by atoms with E-state index in [0.29, 0.717) is 0 Å². The molecular formula is C12H11IO. The number of benzene rings is 2. The van der Waals surface area contributed by atoms with Gasteiger partial charge in [-0.25, -0.2) is 0 Å². The quantitative estimate of drug-likeness (QED) is 0.845. The molecule has 0 aromatic heterocycles. The van der Waals surface area contributed by atoms with Gasteiger partial charge in [0.2, 0.25) is 0 Å². The Morgan fingerprint density at radius 2 is 1.00 bits per heavy atom. The molecule has 0 saturated heterocycles. The van der Waals surface area contributed by atoms with Gasteiger partial charge in [0.05, 0.1) is 0 Å². The van der Waals surface area contributed by atoms with Crippen LogP contribution in [0.1, 0.15) is 0 Å². The molecule has 0 fully saturated rings. The third-order valence-electron chi connectivity index (χ3n) is 1.88. The summed E-state index contributed by atoms with van der Waals surface area (Å²) in [5.41, 5.74) is 0. The Bertz CT molecular complexity index is 346. The molecular weight excluding hydrogens is 287 g/mol. The molecule has 0 atom stereocenters. The molecule has 0 aliphatic rings. The van der Waals surface area contributed by atoms with Crippen molar-refractivity contribution in [2.45, 2.75) is 0 Å². The number of hydrogen-bond donors (Lipinski definition) is 1. The van der Waals surface area contributed by atoms with Gasteiger partial charge < -0.3 is 0 Å². The molecule has 0 spiro atoms. The van der Waals surface area contributed by atoms with Gasteiger partial charge in [-0.15, -0.1) is 0 Å². The van der Waals surface area contributed by atoms with Crippen molar-refractivity contribution in [3.8, 4) is 0 Å². The van der Waals surface area contributed by atoms with Crippen LogP contribution in [0.5, 0.6) is 0 Å². The molecule has 0 saturated carbocycles. The second-order valence-electron chi connectivity index (χ2n) is 2.85. The van der Waals surface area contributed by atoms with Gasteiger partial charge in [-0.1, -0.05) is 0 Å². The third-order valence-corrected chi connectivity index (χ3v) is 5.68. The van der Waals surface area contributed by atoms with Crippen LogP contribution >= 0.6 is 20.2 Å². The minimum atomic E-state index is -2.10. The molecule has 2 aromatic rings. The molecule has 2 aromatic carbocycles. The van der Waals surface area contributed by atoms with E-state index in [1.54, 1.807) is 0 Å². The topological polar surface area (TPSA) is 20.2 Å². The van der Waals surface area contributed by atoms with Gasteiger partial charge in [0.1, 0.15) is 0 Å². The van der Waals surface area contributed by atoms with Gasteiger partial charge in [0, 0.05) is 0 Å². The minimum absolute atomic E-state index is 1.09. The number of hydrogen-bond acceptors (Lipinski definition) is 1. The third kappa shape index (κ3) is 2.13. The van der Waals surface area contributed by atoms with Crippen molar-refractivity contribution in [2.75, 3.05) is 0 Å². The van der Waals surface area contributed by atoms with E-state index in [-0.39, 0.29) is 0 Å². The Morgan fingerprint density at radius 1 is 0.643 bits per heavy atom. The van der Waals surface area contributed by atoms with Gasteiger partial charge >= 0.3 is 91.5 Å². The fraction of sp³-hybridized carbons (Fsp3) is 0. The first kappa shape index (κ1) is 9.68. The van der Waals surface area contributed by atoms with E-state index in [2.05, 4.69) is 0 Å². The Kier molecular flexibility index (Phi) is 3.16. The normalized spacial score (nSPS) is 11.1. The second kappa shape index (κ2) is 4.57. The van der Waals surface area contributed by atoms with E-state index in [9.17, 15) is 3.44 Å². The van der Waals surface area contributed by atoms with Crippen molar-refractivity contribution in [2.24, 2.45) is 0 Å². The molecule has 0 bridgehead atoms. The van der Waals surface area contributed by atoms with Crippen LogP contribution in [0.4, 0.5) is 0 Å². The standard InChI is InChI=1S/C12H11IO/c14-13(11-7-3-1-4-8-11)12-9-5-2-6-10-12/h1-10,14H. The molecule has 0 amide bonds. The average molecular weight is 298 g/mol. The van der Waals surface area contributed by atoms with Gasteiger partial charge in [0.15, 0.2) is 0 Å². The predicted octanol–water partition coefficient (Wildman–Crippen LogP) is 3.14. The van der Waals surface area contributed by atoms with E-state index < -0.39 is 20.2 Å². The van der Waals surface area contributed by atoms with Crippen molar-refractivity contribution >= 4 is 20.2 Å². The summed E-state index contributed by atoms with van der Waals surface area (Å²) in [5, 5.41) is 0. The second-order valence-corrected chi connectivity index (χ2v) is 6.85. The molecule has 2 heteroatoms. The van der Waals surface area contributed by atoms with Crippen LogP contribution in [0.3, 0.4) is 0 Å². The Labute approximate surface area is 91.3 Å². The molecule has 0 aliphatic carbocycles. The molecule has 2 rings (SSSR count). The van der Waals surface area contributed by atoms with E-state index >= 15 is 0 Å². The summed E-state index contributed by atoms with van der Waals surface area (Å²) in [6, 6.07) is 19.8. The molecule has 1 nitrogen and oxygen atoms in total. The summed E-state index contributed by atoms with van der Waals surface area (Å²) in [6.07, 6.45) is 0. The molecule has 1 N–H and O–H groups in total. The van der Waals surface area contributed by atoms with Gasteiger partial charge in [-0.3, -0.25) is 0 Å². The summed E-state index contributed by atoms with van der Waals surface area (Å²) in [7, 11) is 0. The van der Waals surface area contributed by atoms with Crippen LogP contribution in [0, 0.1) is 7.14 Å². The van der Waals surface area contributed by atoms with Crippen molar-refractivity contribution < 1.29 is 3.44 Å². The molecule has 0 aliphatic heterocycles. The first-order chi connectivity index (χ1) is 6.88. The maximum atomic E-state index is 10.1. The molecule has 0 heterocycles. The van der Waals surface area contributed by atoms with Crippen molar-refractivity contribution in [1.82, 2.24) is 0 Å². The molecule has 72 valence electrons. The van der Waals surface area contributed by atoms with Crippen LogP contribution in [0.2, 0.25) is 0 Å². The van der Waals surface area contributed by atoms with Gasteiger partial charge in [-0.2, -0.15) is 0 Å². The Morgan fingerprint density at radius 3 is 1.36 bits per heavy atom. The van der Waals surface area contributed by atoms with E-state index in [4.69, 9.17) is 0 Å². The van der Waals surface area contributed by atoms with Gasteiger partial charge in [-0.05, 0) is 0 Å². The summed E-state index contributed by atoms with van der Waals surface area (Å²) < 4.78 is 12.3. The Hall–Kier alpha value is -0.870. The van der Waals surface area contributed by atoms with Crippen molar-refractivity contribution in [1.29, 1.82) is 0 Å². The fourth-order valence-electron chi connectivity index (χ4n) is 1.19. The van der Waals surface area contributed by atoms with Crippen LogP contribution in [-0.4, -0.2) is 3.44 Å². The zero-order valence-corrected chi connectivity index (χ0v) is 9.76. The Balaban J connectivity index is 2.30. The van der Waals surface area contributed by atoms with Gasteiger partial charge in [0.25, 0.3) is 0 Å². The molecule has 0 radical (unpaired) electrons. The number of halogens is 1. The zero-order valence-electron chi connectivity index (χ0n) is 7.60. The number of rotatable bonds is 2. The van der Waals surface area contributed by atoms with Crippen LogP contribution in [0.15, 0.2) is 60.7 Å². The van der Waals surface area contributed by atoms with E-state index in [0.717, 1.165) is 7.14 Å². The van der Waals surface area contributed by atoms with Crippen molar-refractivity contribution in [3.05, 3.63) is 67.8 Å². The predicted molar refractivity (Wildman–Crippen MR) is 66.5 cm³/mol. The first-order valence-electron chi connectivity index (χ1n) is 4.37. The van der Waals surface area contributed by atoms with Crippen LogP contribution in [0.25, 0.3) is 0 Å². The van der Waals surface area contributed by atoms with E-state index in [1.807, 2.05) is 60.7 Å². The summed E-state index contributed by atoms with van der Waals surface area (Å²) in [4.78, 5) is 0. The molecule has 0 unspecified atom stereocenters. The summed E-state index contributed by atoms with van der Waals surface area (Å²) >= 11 is -2.10. The average Bonchev–Trinajstić information content (AvgIpc) is 2.30. The van der Waals surface area contributed by atoms with E-state index in [1.165, 1.54) is 0 Å². The molecule has 14 heavy (non-hydrogen) atoms. The maximum absolute atomic E-state index is 10.1. The van der Waals surface area contributed by atoms with Crippen molar-refractivity contribution in [3.63, 3.8) is 0 Å². The SMILES string of the molecule is OI(c1ccccc1)c1ccccc1. The first-order valence-corrected chi connectivity index (χ1v) is 7.49. The monoisotopic (exact) mass is 298 g/mol. The van der Waals surface area contributed by atoms with Crippen LogP contribution in [-0.2, 0) is 0 Å².